The fourth-order valence-corrected chi connectivity index (χ4v) is 6.44. The molecule has 244 valence electrons. The number of nitrogens with zero attached hydrogens (tertiary/aromatic N) is 5. The highest BCUT2D eigenvalue weighted by atomic mass is 19.4. The summed E-state index contributed by atoms with van der Waals surface area (Å²) < 4.78 is 47.3. The van der Waals surface area contributed by atoms with Gasteiger partial charge in [-0.15, -0.1) is 0 Å². The van der Waals surface area contributed by atoms with Crippen molar-refractivity contribution in [1.29, 1.82) is 0 Å². The molecule has 3 aliphatic heterocycles. The molecule has 4 heterocycles. The number of fused-ring (bicyclic) bond motifs is 1. The summed E-state index contributed by atoms with van der Waals surface area (Å²) in [5.74, 6) is 0.0853. The zero-order chi connectivity index (χ0) is 32.4. The van der Waals surface area contributed by atoms with Crippen LogP contribution < -0.4 is 25.6 Å². The summed E-state index contributed by atoms with van der Waals surface area (Å²) in [5.41, 5.74) is 2.62. The van der Waals surface area contributed by atoms with Gasteiger partial charge in [-0.1, -0.05) is 12.1 Å². The number of halogens is 3. The Morgan fingerprint density at radius 2 is 1.85 bits per heavy atom. The van der Waals surface area contributed by atoms with Crippen LogP contribution >= 0.6 is 0 Å². The fourth-order valence-electron chi connectivity index (χ4n) is 6.44. The molecule has 2 fully saturated rings. The maximum absolute atomic E-state index is 13.9. The van der Waals surface area contributed by atoms with E-state index in [1.165, 1.54) is 7.11 Å². The first-order valence-electron chi connectivity index (χ1n) is 15.4. The number of carbonyl (C=O) groups excluding carboxylic acids is 2. The molecule has 3 N–H and O–H groups in total. The van der Waals surface area contributed by atoms with Gasteiger partial charge in [0.2, 0.25) is 17.8 Å². The monoisotopic (exact) mass is 638 g/mol. The minimum absolute atomic E-state index is 0.0256. The van der Waals surface area contributed by atoms with Gasteiger partial charge in [-0.25, -0.2) is 4.98 Å². The van der Waals surface area contributed by atoms with Crippen molar-refractivity contribution in [1.82, 2.24) is 19.8 Å². The normalized spacial score (nSPS) is 17.5. The molecule has 2 aromatic carbocycles. The zero-order valence-electron chi connectivity index (χ0n) is 25.8. The van der Waals surface area contributed by atoms with Gasteiger partial charge in [-0.05, 0) is 42.2 Å². The second kappa shape index (κ2) is 13.0. The lowest BCUT2D eigenvalue weighted by Crippen LogP contribution is -2.54. The second-order valence-electron chi connectivity index (χ2n) is 11.7. The van der Waals surface area contributed by atoms with Gasteiger partial charge in [-0.3, -0.25) is 14.5 Å². The average molecular weight is 639 g/mol. The molecule has 0 bridgehead atoms. The number of alkyl halides is 3. The summed E-state index contributed by atoms with van der Waals surface area (Å²) in [4.78, 5) is 38.3. The van der Waals surface area contributed by atoms with Crippen LogP contribution in [0.2, 0.25) is 0 Å². The topological polar surface area (TPSA) is 115 Å². The van der Waals surface area contributed by atoms with Crippen LogP contribution in [0.25, 0.3) is 0 Å². The number of ether oxygens (including phenoxy) is 1. The number of anilines is 5. The third-order valence-electron chi connectivity index (χ3n) is 8.96. The molecule has 1 aromatic heterocycles. The number of benzene rings is 2. The Hall–Kier alpha value is -4.59. The lowest BCUT2D eigenvalue weighted by Gasteiger charge is -2.43. The SMILES string of the molecule is COc1cc(N2CCC(N3CCN(C(C)=O)CC3)CC2)ccc1Nc1ncc(C(F)(F)F)c(NCc2cccc3c2CC(=O)N3)n1. The fraction of sp³-hybridized carbons (Fsp3) is 0.438. The van der Waals surface area contributed by atoms with Gasteiger partial charge in [-0.2, -0.15) is 18.2 Å². The van der Waals surface area contributed by atoms with E-state index in [2.05, 4.69) is 35.7 Å². The van der Waals surface area contributed by atoms with E-state index in [1.807, 2.05) is 23.1 Å². The minimum Gasteiger partial charge on any atom is -0.494 e. The number of hydrogen-bond donors (Lipinski definition) is 3. The Morgan fingerprint density at radius 3 is 2.54 bits per heavy atom. The highest BCUT2D eigenvalue weighted by molar-refractivity contribution is 5.99. The van der Waals surface area contributed by atoms with E-state index in [0.29, 0.717) is 28.7 Å². The van der Waals surface area contributed by atoms with Crippen molar-refractivity contribution < 1.29 is 27.5 Å². The summed E-state index contributed by atoms with van der Waals surface area (Å²) in [6, 6.07) is 11.4. The lowest BCUT2D eigenvalue weighted by atomic mass is 10.0. The van der Waals surface area contributed by atoms with Crippen molar-refractivity contribution in [3.63, 3.8) is 0 Å². The largest absolute Gasteiger partial charge is 0.494 e. The van der Waals surface area contributed by atoms with Gasteiger partial charge < -0.3 is 30.5 Å². The summed E-state index contributed by atoms with van der Waals surface area (Å²) in [5, 5.41) is 8.58. The molecule has 14 heteroatoms. The number of nitrogens with one attached hydrogen (secondary N) is 3. The van der Waals surface area contributed by atoms with Crippen LogP contribution in [0.1, 0.15) is 36.5 Å². The number of piperidine rings is 1. The third kappa shape index (κ3) is 6.81. The van der Waals surface area contributed by atoms with Crippen molar-refractivity contribution in [3.8, 4) is 5.75 Å². The molecule has 6 rings (SSSR count). The molecule has 0 saturated carbocycles. The highest BCUT2D eigenvalue weighted by Gasteiger charge is 2.35. The van der Waals surface area contributed by atoms with Crippen LogP contribution in [0.4, 0.5) is 42.0 Å². The van der Waals surface area contributed by atoms with E-state index in [4.69, 9.17) is 4.74 Å². The van der Waals surface area contributed by atoms with Crippen molar-refractivity contribution in [2.24, 2.45) is 0 Å². The molecule has 46 heavy (non-hydrogen) atoms. The second-order valence-corrected chi connectivity index (χ2v) is 11.7. The first-order valence-corrected chi connectivity index (χ1v) is 15.4. The Balaban J connectivity index is 1.13. The van der Waals surface area contributed by atoms with Crippen molar-refractivity contribution in [2.45, 2.75) is 44.9 Å². The summed E-state index contributed by atoms with van der Waals surface area (Å²) in [6.07, 6.45) is -1.73. The third-order valence-corrected chi connectivity index (χ3v) is 8.96. The Kier molecular flexibility index (Phi) is 8.89. The van der Waals surface area contributed by atoms with E-state index in [9.17, 15) is 22.8 Å². The molecule has 0 unspecified atom stereocenters. The first-order chi connectivity index (χ1) is 22.1. The quantitative estimate of drug-likeness (QED) is 0.329. The van der Waals surface area contributed by atoms with E-state index in [1.54, 1.807) is 25.1 Å². The van der Waals surface area contributed by atoms with Crippen LogP contribution in [0, 0.1) is 0 Å². The van der Waals surface area contributed by atoms with Crippen LogP contribution in [-0.2, 0) is 28.7 Å². The van der Waals surface area contributed by atoms with Crippen molar-refractivity contribution in [3.05, 3.63) is 59.3 Å². The van der Waals surface area contributed by atoms with Crippen LogP contribution in [-0.4, -0.2) is 84.0 Å². The molecular formula is C32H37F3N8O3. The van der Waals surface area contributed by atoms with Crippen LogP contribution in [0.15, 0.2) is 42.6 Å². The van der Waals surface area contributed by atoms with Gasteiger partial charge >= 0.3 is 6.18 Å². The molecule has 0 spiro atoms. The molecule has 11 nitrogen and oxygen atoms in total. The molecule has 2 saturated heterocycles. The molecule has 0 radical (unpaired) electrons. The van der Waals surface area contributed by atoms with Crippen molar-refractivity contribution >= 4 is 40.6 Å². The molecule has 3 aromatic rings. The number of methoxy groups -OCH3 is 1. The highest BCUT2D eigenvalue weighted by Crippen LogP contribution is 2.37. The number of aromatic nitrogens is 2. The van der Waals surface area contributed by atoms with Crippen LogP contribution in [0.3, 0.4) is 0 Å². The Labute approximate surface area is 265 Å². The number of hydrogen-bond acceptors (Lipinski definition) is 9. The van der Waals surface area contributed by atoms with Gasteiger partial charge in [0.15, 0.2) is 0 Å². The molecule has 0 aliphatic carbocycles. The number of amides is 2. The minimum atomic E-state index is -4.67. The molecule has 0 atom stereocenters. The van der Waals surface area contributed by atoms with E-state index in [0.717, 1.165) is 69.6 Å². The maximum Gasteiger partial charge on any atom is 0.421 e. The standard InChI is InChI=1S/C32H37F3N8O3/c1-20(44)41-12-14-43(15-13-41)22-8-10-42(11-9-22)23-6-7-27(28(16-23)46-2)39-31-37-19-25(32(33,34)35)30(40-31)36-18-21-4-3-5-26-24(21)17-29(45)38-26/h3-7,16,19,22H,8-15,17-18H2,1-2H3,(H,38,45)(H2,36,37,39,40). The van der Waals surface area contributed by atoms with E-state index < -0.39 is 11.7 Å². The summed E-state index contributed by atoms with van der Waals surface area (Å²) in [7, 11) is 1.54. The first kappa shape index (κ1) is 31.4. The van der Waals surface area contributed by atoms with Gasteiger partial charge in [0.05, 0.1) is 19.2 Å². The van der Waals surface area contributed by atoms with Gasteiger partial charge in [0, 0.05) is 82.4 Å². The van der Waals surface area contributed by atoms with Gasteiger partial charge in [0.1, 0.15) is 17.1 Å². The molecule has 3 aliphatic rings. The van der Waals surface area contributed by atoms with Gasteiger partial charge in [0.25, 0.3) is 0 Å². The molecular weight excluding hydrogens is 601 g/mol. The predicted octanol–water partition coefficient (Wildman–Crippen LogP) is 4.49. The number of rotatable bonds is 8. The maximum atomic E-state index is 13.9. The Bertz CT molecular complexity index is 1600. The zero-order valence-corrected chi connectivity index (χ0v) is 25.8. The lowest BCUT2D eigenvalue weighted by molar-refractivity contribution is -0.137. The summed E-state index contributed by atoms with van der Waals surface area (Å²) in [6.45, 7) is 6.75. The number of piperazine rings is 1. The summed E-state index contributed by atoms with van der Waals surface area (Å²) >= 11 is 0. The van der Waals surface area contributed by atoms with E-state index in [-0.39, 0.29) is 36.5 Å². The Morgan fingerprint density at radius 1 is 1.09 bits per heavy atom. The molecule has 2 amide bonds. The smallest absolute Gasteiger partial charge is 0.421 e. The predicted molar refractivity (Wildman–Crippen MR) is 168 cm³/mol. The number of carbonyl (C=O) groups is 2. The van der Waals surface area contributed by atoms with Crippen LogP contribution in [0.5, 0.6) is 5.75 Å². The van der Waals surface area contributed by atoms with E-state index >= 15 is 0 Å². The average Bonchev–Trinajstić information content (AvgIpc) is 3.44. The van der Waals surface area contributed by atoms with Crippen molar-refractivity contribution in [2.75, 3.05) is 67.2 Å².